The van der Waals surface area contributed by atoms with Gasteiger partial charge in [-0.3, -0.25) is 9.59 Å². The summed E-state index contributed by atoms with van der Waals surface area (Å²) in [5, 5.41) is 3.51. The van der Waals surface area contributed by atoms with Gasteiger partial charge in [0.15, 0.2) is 0 Å². The van der Waals surface area contributed by atoms with Crippen molar-refractivity contribution in [1.82, 2.24) is 4.90 Å². The quantitative estimate of drug-likeness (QED) is 0.922. The zero-order chi connectivity index (χ0) is 17.1. The average molecular weight is 343 g/mol. The number of nitrogens with zero attached hydrogens (tertiary/aromatic N) is 1. The van der Waals surface area contributed by atoms with Crippen molar-refractivity contribution in [3.8, 4) is 0 Å². The summed E-state index contributed by atoms with van der Waals surface area (Å²) in [7, 11) is 0. The lowest BCUT2D eigenvalue weighted by Gasteiger charge is -2.17. The van der Waals surface area contributed by atoms with Gasteiger partial charge in [-0.1, -0.05) is 48.0 Å². The van der Waals surface area contributed by atoms with Crippen LogP contribution < -0.4 is 5.32 Å². The van der Waals surface area contributed by atoms with Crippen LogP contribution in [0, 0.1) is 12.8 Å². The first-order valence-electron chi connectivity index (χ1n) is 7.92. The summed E-state index contributed by atoms with van der Waals surface area (Å²) in [6.45, 7) is 2.85. The topological polar surface area (TPSA) is 49.4 Å². The van der Waals surface area contributed by atoms with E-state index in [1.54, 1.807) is 17.0 Å². The molecule has 2 aromatic rings. The molecule has 0 radical (unpaired) electrons. The fourth-order valence-electron chi connectivity index (χ4n) is 2.88. The molecule has 5 heteroatoms. The minimum absolute atomic E-state index is 0.0156. The van der Waals surface area contributed by atoms with E-state index >= 15 is 0 Å². The molecule has 1 atom stereocenters. The fourth-order valence-corrected chi connectivity index (χ4v) is 3.06. The van der Waals surface area contributed by atoms with Crippen molar-refractivity contribution >= 4 is 29.1 Å². The van der Waals surface area contributed by atoms with E-state index in [4.69, 9.17) is 11.6 Å². The molecular formula is C19H19ClN2O2. The molecule has 1 saturated heterocycles. The van der Waals surface area contributed by atoms with Crippen molar-refractivity contribution in [2.75, 3.05) is 11.9 Å². The summed E-state index contributed by atoms with van der Waals surface area (Å²) >= 11 is 6.08. The summed E-state index contributed by atoms with van der Waals surface area (Å²) in [5.74, 6) is -0.453. The maximum atomic E-state index is 12.5. The Morgan fingerprint density at radius 2 is 1.96 bits per heavy atom. The molecule has 0 aliphatic carbocycles. The first-order valence-corrected chi connectivity index (χ1v) is 8.30. The van der Waals surface area contributed by atoms with Gasteiger partial charge in [-0.15, -0.1) is 0 Å². The van der Waals surface area contributed by atoms with E-state index in [1.807, 2.05) is 43.3 Å². The van der Waals surface area contributed by atoms with Crippen LogP contribution in [0.15, 0.2) is 48.5 Å². The first-order chi connectivity index (χ1) is 11.5. The third-order valence-corrected chi connectivity index (χ3v) is 4.74. The fraction of sp³-hybridized carbons (Fsp3) is 0.263. The van der Waals surface area contributed by atoms with E-state index < -0.39 is 0 Å². The van der Waals surface area contributed by atoms with Gasteiger partial charge in [-0.25, -0.2) is 0 Å². The van der Waals surface area contributed by atoms with E-state index in [1.165, 1.54) is 0 Å². The Kier molecular flexibility index (Phi) is 4.86. The molecule has 0 spiro atoms. The highest BCUT2D eigenvalue weighted by Crippen LogP contribution is 2.26. The maximum absolute atomic E-state index is 12.5. The predicted octanol–water partition coefficient (Wildman–Crippen LogP) is 3.64. The van der Waals surface area contributed by atoms with Crippen LogP contribution >= 0.6 is 11.6 Å². The predicted molar refractivity (Wildman–Crippen MR) is 94.8 cm³/mol. The van der Waals surface area contributed by atoms with E-state index in [2.05, 4.69) is 5.32 Å². The van der Waals surface area contributed by atoms with Crippen LogP contribution in [0.5, 0.6) is 0 Å². The van der Waals surface area contributed by atoms with Crippen LogP contribution in [-0.2, 0) is 16.1 Å². The van der Waals surface area contributed by atoms with Gasteiger partial charge in [0.2, 0.25) is 11.8 Å². The number of anilines is 1. The Balaban J connectivity index is 1.64. The number of carbonyl (C=O) groups excluding carboxylic acids is 2. The molecule has 1 heterocycles. The minimum atomic E-state index is -0.334. The second kappa shape index (κ2) is 7.05. The van der Waals surface area contributed by atoms with Crippen LogP contribution in [0.2, 0.25) is 5.02 Å². The summed E-state index contributed by atoms with van der Waals surface area (Å²) < 4.78 is 0. The second-order valence-corrected chi connectivity index (χ2v) is 6.47. The number of rotatable bonds is 4. The normalized spacial score (nSPS) is 17.2. The molecule has 0 aromatic heterocycles. The monoisotopic (exact) mass is 342 g/mol. The van der Waals surface area contributed by atoms with Crippen molar-refractivity contribution in [2.45, 2.75) is 19.9 Å². The van der Waals surface area contributed by atoms with Crippen LogP contribution in [0.3, 0.4) is 0 Å². The number of halogens is 1. The Bertz CT molecular complexity index is 761. The third-order valence-electron chi connectivity index (χ3n) is 4.33. The van der Waals surface area contributed by atoms with Crippen LogP contribution in [0.1, 0.15) is 17.5 Å². The largest absolute Gasteiger partial charge is 0.338 e. The lowest BCUT2D eigenvalue weighted by Crippen LogP contribution is -2.28. The molecule has 1 fully saturated rings. The smallest absolute Gasteiger partial charge is 0.229 e. The standard InChI is InChI=1S/C19H19ClN2O2/c1-13-16(20)8-5-9-17(13)21-19(24)15-10-18(23)22(12-15)11-14-6-3-2-4-7-14/h2-9,15H,10-12H2,1H3,(H,21,24)/t15-/m0/s1. The number of hydrogen-bond donors (Lipinski definition) is 1. The molecule has 124 valence electrons. The number of carbonyl (C=O) groups is 2. The van der Waals surface area contributed by atoms with Gasteiger partial charge in [0, 0.05) is 30.2 Å². The second-order valence-electron chi connectivity index (χ2n) is 6.06. The molecule has 0 unspecified atom stereocenters. The Hall–Kier alpha value is -2.33. The lowest BCUT2D eigenvalue weighted by molar-refractivity contribution is -0.128. The van der Waals surface area contributed by atoms with E-state index in [0.29, 0.717) is 23.8 Å². The van der Waals surface area contributed by atoms with Crippen LogP contribution in [-0.4, -0.2) is 23.3 Å². The Morgan fingerprint density at radius 3 is 2.71 bits per heavy atom. The molecule has 0 saturated carbocycles. The highest BCUT2D eigenvalue weighted by Gasteiger charge is 2.34. The number of likely N-dealkylation sites (tertiary alicyclic amines) is 1. The first kappa shape index (κ1) is 16.5. The SMILES string of the molecule is Cc1c(Cl)cccc1NC(=O)[C@H]1CC(=O)N(Cc2ccccc2)C1. The van der Waals surface area contributed by atoms with Crippen molar-refractivity contribution in [2.24, 2.45) is 5.92 Å². The zero-order valence-corrected chi connectivity index (χ0v) is 14.2. The molecule has 1 aliphatic heterocycles. The average Bonchev–Trinajstić information content (AvgIpc) is 2.94. The van der Waals surface area contributed by atoms with Gasteiger partial charge in [0.1, 0.15) is 0 Å². The molecule has 2 amide bonds. The summed E-state index contributed by atoms with van der Waals surface area (Å²) in [6.07, 6.45) is 0.248. The van der Waals surface area contributed by atoms with Gasteiger partial charge in [-0.05, 0) is 30.2 Å². The maximum Gasteiger partial charge on any atom is 0.229 e. The number of nitrogens with one attached hydrogen (secondary N) is 1. The van der Waals surface area contributed by atoms with Crippen molar-refractivity contribution in [3.05, 3.63) is 64.7 Å². The Morgan fingerprint density at radius 1 is 1.21 bits per heavy atom. The number of benzene rings is 2. The molecule has 1 aliphatic rings. The summed E-state index contributed by atoms with van der Waals surface area (Å²) in [4.78, 5) is 26.4. The van der Waals surface area contributed by atoms with Gasteiger partial charge in [0.05, 0.1) is 5.92 Å². The van der Waals surface area contributed by atoms with Crippen molar-refractivity contribution in [1.29, 1.82) is 0 Å². The van der Waals surface area contributed by atoms with E-state index in [9.17, 15) is 9.59 Å². The van der Waals surface area contributed by atoms with E-state index in [-0.39, 0.29) is 24.2 Å². The molecular weight excluding hydrogens is 324 g/mol. The molecule has 2 aromatic carbocycles. The highest BCUT2D eigenvalue weighted by atomic mass is 35.5. The van der Waals surface area contributed by atoms with Crippen LogP contribution in [0.4, 0.5) is 5.69 Å². The highest BCUT2D eigenvalue weighted by molar-refractivity contribution is 6.31. The minimum Gasteiger partial charge on any atom is -0.338 e. The van der Waals surface area contributed by atoms with Gasteiger partial charge in [-0.2, -0.15) is 0 Å². The number of hydrogen-bond acceptors (Lipinski definition) is 2. The Labute approximate surface area is 146 Å². The summed E-state index contributed by atoms with van der Waals surface area (Å²) in [5.41, 5.74) is 2.59. The molecule has 1 N–H and O–H groups in total. The van der Waals surface area contributed by atoms with Crippen molar-refractivity contribution < 1.29 is 9.59 Å². The van der Waals surface area contributed by atoms with Gasteiger partial charge < -0.3 is 10.2 Å². The molecule has 3 rings (SSSR count). The number of amides is 2. The van der Waals surface area contributed by atoms with Crippen molar-refractivity contribution in [3.63, 3.8) is 0 Å². The van der Waals surface area contributed by atoms with Gasteiger partial charge in [0.25, 0.3) is 0 Å². The summed E-state index contributed by atoms with van der Waals surface area (Å²) in [6, 6.07) is 15.2. The molecule has 24 heavy (non-hydrogen) atoms. The molecule has 0 bridgehead atoms. The molecule has 4 nitrogen and oxygen atoms in total. The van der Waals surface area contributed by atoms with Gasteiger partial charge >= 0.3 is 0 Å². The zero-order valence-electron chi connectivity index (χ0n) is 13.5. The van der Waals surface area contributed by atoms with E-state index in [0.717, 1.165) is 11.1 Å². The lowest BCUT2D eigenvalue weighted by atomic mass is 10.1. The third kappa shape index (κ3) is 3.60. The van der Waals surface area contributed by atoms with Crippen LogP contribution in [0.25, 0.3) is 0 Å².